The van der Waals surface area contributed by atoms with E-state index in [-0.39, 0.29) is 5.91 Å². The van der Waals surface area contributed by atoms with Crippen LogP contribution in [-0.4, -0.2) is 29.6 Å². The Morgan fingerprint density at radius 3 is 2.83 bits per heavy atom. The molecule has 0 spiro atoms. The smallest absolute Gasteiger partial charge is 0.275 e. The first-order valence-corrected chi connectivity index (χ1v) is 10.5. The van der Waals surface area contributed by atoms with Crippen LogP contribution in [0.15, 0.2) is 42.6 Å². The second-order valence-corrected chi connectivity index (χ2v) is 7.89. The van der Waals surface area contributed by atoms with Gasteiger partial charge in [-0.25, -0.2) is 10.5 Å². The summed E-state index contributed by atoms with van der Waals surface area (Å²) in [5.41, 5.74) is 5.21. The molecule has 1 aliphatic heterocycles. The van der Waals surface area contributed by atoms with Crippen LogP contribution in [0.25, 0.3) is 0 Å². The highest BCUT2D eigenvalue weighted by Gasteiger charge is 2.24. The Hall–Kier alpha value is -2.63. The summed E-state index contributed by atoms with van der Waals surface area (Å²) >= 11 is 8.52. The number of nitrogens with one attached hydrogen (secondary N) is 3. The van der Waals surface area contributed by atoms with Gasteiger partial charge in [0.2, 0.25) is 5.95 Å². The van der Waals surface area contributed by atoms with Crippen molar-refractivity contribution in [2.45, 2.75) is 6.42 Å². The number of ether oxygens (including phenoxy) is 1. The van der Waals surface area contributed by atoms with Crippen LogP contribution in [0.4, 0.5) is 23.1 Å². The average molecular weight is 538 g/mol. The highest BCUT2D eigenvalue weighted by molar-refractivity contribution is 14.1. The molecule has 0 unspecified atom stereocenters. The van der Waals surface area contributed by atoms with Crippen LogP contribution in [0.5, 0.6) is 5.75 Å². The largest absolute Gasteiger partial charge is 0.491 e. The van der Waals surface area contributed by atoms with Gasteiger partial charge in [-0.15, -0.1) is 0 Å². The standard InChI is InChI=1S/C20H17ClIN5O3/c1-29-27-19(28)12-6-7-16(17-11(12)8-9-30-17)25-20-23-10-13(21)18(26-20)24-15-5-3-2-4-14(15)22/h2-7,10H,8-9H2,1H3,(H,27,28)(H2,23,24,25,26). The highest BCUT2D eigenvalue weighted by Crippen LogP contribution is 2.38. The van der Waals surface area contributed by atoms with Gasteiger partial charge in [0.1, 0.15) is 10.8 Å². The predicted molar refractivity (Wildman–Crippen MR) is 123 cm³/mol. The number of amides is 1. The lowest BCUT2D eigenvalue weighted by molar-refractivity contribution is 0.0537. The first-order chi connectivity index (χ1) is 14.6. The van der Waals surface area contributed by atoms with E-state index >= 15 is 0 Å². The summed E-state index contributed by atoms with van der Waals surface area (Å²) < 4.78 is 6.79. The van der Waals surface area contributed by atoms with Gasteiger partial charge >= 0.3 is 0 Å². The van der Waals surface area contributed by atoms with Gasteiger partial charge in [0.25, 0.3) is 5.91 Å². The molecule has 1 aromatic heterocycles. The fraction of sp³-hybridized carbons (Fsp3) is 0.150. The molecule has 0 bridgehead atoms. The van der Waals surface area contributed by atoms with E-state index in [1.54, 1.807) is 12.1 Å². The van der Waals surface area contributed by atoms with Gasteiger partial charge < -0.3 is 15.4 Å². The fourth-order valence-electron chi connectivity index (χ4n) is 3.08. The van der Waals surface area contributed by atoms with Gasteiger partial charge in [-0.05, 0) is 46.9 Å². The SMILES string of the molecule is CONC(=O)c1ccc(Nc2ncc(Cl)c(Nc3ccccc3I)n2)c2c1CCO2. The van der Waals surface area contributed by atoms with Crippen LogP contribution in [0, 0.1) is 3.57 Å². The average Bonchev–Trinajstić information content (AvgIpc) is 3.23. The van der Waals surface area contributed by atoms with E-state index in [4.69, 9.17) is 21.2 Å². The molecule has 30 heavy (non-hydrogen) atoms. The molecule has 4 rings (SSSR count). The Kier molecular flexibility index (Phi) is 6.21. The van der Waals surface area contributed by atoms with E-state index in [2.05, 4.69) is 48.7 Å². The van der Waals surface area contributed by atoms with Crippen molar-refractivity contribution in [1.29, 1.82) is 0 Å². The molecule has 0 saturated heterocycles. The van der Waals surface area contributed by atoms with Crippen LogP contribution >= 0.6 is 34.2 Å². The number of carbonyl (C=O) groups is 1. The van der Waals surface area contributed by atoms with Crippen LogP contribution in [0.3, 0.4) is 0 Å². The van der Waals surface area contributed by atoms with E-state index in [1.165, 1.54) is 13.3 Å². The summed E-state index contributed by atoms with van der Waals surface area (Å²) in [6, 6.07) is 11.3. The minimum Gasteiger partial charge on any atom is -0.491 e. The minimum atomic E-state index is -0.322. The van der Waals surface area contributed by atoms with E-state index in [9.17, 15) is 4.79 Å². The van der Waals surface area contributed by atoms with Crippen LogP contribution in [0.1, 0.15) is 15.9 Å². The molecular weight excluding hydrogens is 521 g/mol. The maximum atomic E-state index is 12.2. The molecule has 3 aromatic rings. The Labute approximate surface area is 191 Å². The lowest BCUT2D eigenvalue weighted by atomic mass is 10.0. The maximum Gasteiger partial charge on any atom is 0.275 e. The molecule has 10 heteroatoms. The van der Waals surface area contributed by atoms with Crippen molar-refractivity contribution in [3.05, 3.63) is 62.3 Å². The number of nitrogens with zero attached hydrogens (tertiary/aromatic N) is 2. The molecule has 1 aliphatic rings. The Bertz CT molecular complexity index is 1110. The molecule has 8 nitrogen and oxygen atoms in total. The van der Waals surface area contributed by atoms with E-state index in [0.29, 0.717) is 46.8 Å². The quantitative estimate of drug-likeness (QED) is 0.316. The van der Waals surface area contributed by atoms with Gasteiger partial charge in [0, 0.05) is 21.1 Å². The van der Waals surface area contributed by atoms with Crippen molar-refractivity contribution in [2.75, 3.05) is 24.4 Å². The van der Waals surface area contributed by atoms with Crippen molar-refractivity contribution in [3.63, 3.8) is 0 Å². The Morgan fingerprint density at radius 1 is 1.20 bits per heavy atom. The van der Waals surface area contributed by atoms with Crippen molar-refractivity contribution in [1.82, 2.24) is 15.4 Å². The topological polar surface area (TPSA) is 97.4 Å². The van der Waals surface area contributed by atoms with Crippen molar-refractivity contribution >= 4 is 63.2 Å². The molecular formula is C20H17ClIN5O3. The predicted octanol–water partition coefficient (Wildman–Crippen LogP) is 4.45. The molecule has 0 fully saturated rings. The van der Waals surface area contributed by atoms with Gasteiger partial charge in [0.15, 0.2) is 5.82 Å². The number of para-hydroxylation sites is 1. The number of halogens is 2. The third-order valence-corrected chi connectivity index (χ3v) is 5.63. The van der Waals surface area contributed by atoms with Gasteiger partial charge in [-0.3, -0.25) is 9.63 Å². The van der Waals surface area contributed by atoms with Crippen molar-refractivity contribution in [3.8, 4) is 5.75 Å². The molecule has 0 radical (unpaired) electrons. The number of aromatic nitrogens is 2. The molecule has 0 atom stereocenters. The van der Waals surface area contributed by atoms with Gasteiger partial charge in [0.05, 0.1) is 31.3 Å². The third kappa shape index (κ3) is 4.27. The fourth-order valence-corrected chi connectivity index (χ4v) is 3.74. The molecule has 154 valence electrons. The van der Waals surface area contributed by atoms with Crippen molar-refractivity contribution in [2.24, 2.45) is 0 Å². The molecule has 0 saturated carbocycles. The van der Waals surface area contributed by atoms with Gasteiger partial charge in [-0.1, -0.05) is 23.7 Å². The normalized spacial score (nSPS) is 12.1. The Balaban J connectivity index is 1.62. The second-order valence-electron chi connectivity index (χ2n) is 6.32. The number of benzene rings is 2. The number of anilines is 4. The molecule has 2 heterocycles. The number of hydrogen-bond acceptors (Lipinski definition) is 7. The summed E-state index contributed by atoms with van der Waals surface area (Å²) in [4.78, 5) is 25.7. The highest BCUT2D eigenvalue weighted by atomic mass is 127. The number of fused-ring (bicyclic) bond motifs is 1. The summed E-state index contributed by atoms with van der Waals surface area (Å²) in [6.07, 6.45) is 2.15. The lowest BCUT2D eigenvalue weighted by Crippen LogP contribution is -2.23. The summed E-state index contributed by atoms with van der Waals surface area (Å²) in [7, 11) is 1.39. The zero-order valence-electron chi connectivity index (χ0n) is 15.8. The van der Waals surface area contributed by atoms with E-state index < -0.39 is 0 Å². The zero-order chi connectivity index (χ0) is 21.1. The van der Waals surface area contributed by atoms with Crippen LogP contribution < -0.4 is 20.9 Å². The summed E-state index contributed by atoms with van der Waals surface area (Å²) in [6.45, 7) is 0.488. The lowest BCUT2D eigenvalue weighted by Gasteiger charge is -2.14. The van der Waals surface area contributed by atoms with Crippen LogP contribution in [-0.2, 0) is 11.3 Å². The number of hydrogen-bond donors (Lipinski definition) is 3. The van der Waals surface area contributed by atoms with E-state index in [1.807, 2.05) is 24.3 Å². The number of carbonyl (C=O) groups excluding carboxylic acids is 1. The summed E-state index contributed by atoms with van der Waals surface area (Å²) in [5.74, 6) is 1.11. The monoisotopic (exact) mass is 537 g/mol. The van der Waals surface area contributed by atoms with Gasteiger partial charge in [-0.2, -0.15) is 4.98 Å². The third-order valence-electron chi connectivity index (χ3n) is 4.42. The second kappa shape index (κ2) is 9.02. The maximum absolute atomic E-state index is 12.2. The molecule has 0 aliphatic carbocycles. The number of hydroxylamine groups is 1. The van der Waals surface area contributed by atoms with Crippen LogP contribution in [0.2, 0.25) is 5.02 Å². The number of rotatable bonds is 6. The minimum absolute atomic E-state index is 0.322. The van der Waals surface area contributed by atoms with E-state index in [0.717, 1.165) is 14.8 Å². The summed E-state index contributed by atoms with van der Waals surface area (Å²) in [5, 5.41) is 6.78. The Morgan fingerprint density at radius 2 is 2.03 bits per heavy atom. The van der Waals surface area contributed by atoms with Crippen molar-refractivity contribution < 1.29 is 14.4 Å². The first kappa shape index (κ1) is 20.6. The first-order valence-electron chi connectivity index (χ1n) is 9.00. The molecule has 3 N–H and O–H groups in total. The molecule has 1 amide bonds. The zero-order valence-corrected chi connectivity index (χ0v) is 18.7. The molecule has 2 aromatic carbocycles.